The monoisotopic (exact) mass is 384 g/mol. The van der Waals surface area contributed by atoms with Crippen molar-refractivity contribution in [2.75, 3.05) is 0 Å². The number of fused-ring (bicyclic) bond motifs is 2. The van der Waals surface area contributed by atoms with Crippen LogP contribution in [0.5, 0.6) is 0 Å². The third-order valence-electron chi connectivity index (χ3n) is 4.53. The molecule has 1 aromatic heterocycles. The number of nitrogens with one attached hydrogen (secondary N) is 1. The quantitative estimate of drug-likeness (QED) is 0.853. The molecular formula is C17H25BrN2O3. The van der Waals surface area contributed by atoms with Gasteiger partial charge in [0.15, 0.2) is 4.67 Å². The van der Waals surface area contributed by atoms with Gasteiger partial charge in [0.25, 0.3) is 0 Å². The summed E-state index contributed by atoms with van der Waals surface area (Å²) in [6.07, 6.45) is 3.97. The molecule has 2 saturated heterocycles. The van der Waals surface area contributed by atoms with E-state index in [4.69, 9.17) is 9.15 Å². The normalized spacial score (nSPS) is 27.3. The molecule has 3 heterocycles. The van der Waals surface area contributed by atoms with Crippen LogP contribution in [-0.2, 0) is 11.3 Å². The molecule has 2 bridgehead atoms. The number of carbonyl (C=O) groups is 1. The smallest absolute Gasteiger partial charge is 0.410 e. The molecule has 0 aliphatic carbocycles. The number of halogens is 1. The molecule has 0 aromatic carbocycles. The summed E-state index contributed by atoms with van der Waals surface area (Å²) >= 11 is 3.32. The summed E-state index contributed by atoms with van der Waals surface area (Å²) in [5.74, 6) is 0.929. The Morgan fingerprint density at radius 3 is 2.52 bits per heavy atom. The van der Waals surface area contributed by atoms with Gasteiger partial charge >= 0.3 is 6.09 Å². The van der Waals surface area contributed by atoms with Crippen LogP contribution >= 0.6 is 15.9 Å². The Labute approximate surface area is 145 Å². The number of piperidine rings is 1. The summed E-state index contributed by atoms with van der Waals surface area (Å²) in [5, 5.41) is 3.57. The Hall–Kier alpha value is -1.01. The highest BCUT2D eigenvalue weighted by molar-refractivity contribution is 9.10. The fourth-order valence-corrected chi connectivity index (χ4v) is 3.99. The van der Waals surface area contributed by atoms with Crippen molar-refractivity contribution in [1.29, 1.82) is 0 Å². The van der Waals surface area contributed by atoms with E-state index in [1.807, 2.05) is 37.8 Å². The standard InChI is InChI=1S/C17H25BrN2O3/c1-17(2,3)23-16(21)20-12-4-5-13(20)9-11(8-12)19-10-14-6-7-15(18)22-14/h6-7,11-13,19H,4-5,8-10H2,1-3H3. The first-order valence-electron chi connectivity index (χ1n) is 8.31. The van der Waals surface area contributed by atoms with Crippen LogP contribution in [0, 0.1) is 0 Å². The molecule has 0 radical (unpaired) electrons. The van der Waals surface area contributed by atoms with Gasteiger partial charge in [0.2, 0.25) is 0 Å². The summed E-state index contributed by atoms with van der Waals surface area (Å²) in [6, 6.07) is 4.90. The first-order chi connectivity index (χ1) is 10.8. The molecule has 2 fully saturated rings. The molecule has 5 nitrogen and oxygen atoms in total. The van der Waals surface area contributed by atoms with E-state index in [0.29, 0.717) is 18.1 Å². The van der Waals surface area contributed by atoms with E-state index in [1.165, 1.54) is 0 Å². The van der Waals surface area contributed by atoms with Crippen molar-refractivity contribution in [2.45, 2.75) is 76.7 Å². The Balaban J connectivity index is 1.55. The van der Waals surface area contributed by atoms with Gasteiger partial charge in [-0.15, -0.1) is 0 Å². The van der Waals surface area contributed by atoms with Gasteiger partial charge in [-0.1, -0.05) is 0 Å². The summed E-state index contributed by atoms with van der Waals surface area (Å²) < 4.78 is 11.9. The van der Waals surface area contributed by atoms with Crippen LogP contribution in [-0.4, -0.2) is 34.7 Å². The lowest BCUT2D eigenvalue weighted by atomic mass is 9.97. The zero-order valence-electron chi connectivity index (χ0n) is 14.0. The van der Waals surface area contributed by atoms with Gasteiger partial charge in [0, 0.05) is 18.1 Å². The number of hydrogen-bond acceptors (Lipinski definition) is 4. The molecule has 2 aliphatic rings. The Bertz CT molecular complexity index is 552. The molecule has 23 heavy (non-hydrogen) atoms. The first kappa shape index (κ1) is 16.8. The molecule has 0 saturated carbocycles. The van der Waals surface area contributed by atoms with Gasteiger partial charge < -0.3 is 19.4 Å². The van der Waals surface area contributed by atoms with E-state index in [1.54, 1.807) is 0 Å². The van der Waals surface area contributed by atoms with Crippen molar-refractivity contribution in [3.8, 4) is 0 Å². The molecule has 1 aromatic rings. The van der Waals surface area contributed by atoms with E-state index < -0.39 is 5.60 Å². The van der Waals surface area contributed by atoms with Crippen LogP contribution in [0.3, 0.4) is 0 Å². The maximum atomic E-state index is 12.4. The topological polar surface area (TPSA) is 54.7 Å². The van der Waals surface area contributed by atoms with Crippen molar-refractivity contribution in [1.82, 2.24) is 10.2 Å². The van der Waals surface area contributed by atoms with E-state index in [0.717, 1.165) is 42.7 Å². The third kappa shape index (κ3) is 4.10. The predicted octanol–water partition coefficient (Wildman–Crippen LogP) is 4.06. The number of carbonyl (C=O) groups excluding carboxylic acids is 1. The van der Waals surface area contributed by atoms with E-state index >= 15 is 0 Å². The van der Waals surface area contributed by atoms with Crippen LogP contribution in [0.25, 0.3) is 0 Å². The summed E-state index contributed by atoms with van der Waals surface area (Å²) in [4.78, 5) is 14.4. The fourth-order valence-electron chi connectivity index (χ4n) is 3.65. The Morgan fingerprint density at radius 1 is 1.35 bits per heavy atom. The van der Waals surface area contributed by atoms with Crippen LogP contribution in [0.1, 0.15) is 52.2 Å². The molecule has 6 heteroatoms. The van der Waals surface area contributed by atoms with Crippen molar-refractivity contribution >= 4 is 22.0 Å². The second kappa shape index (κ2) is 6.48. The predicted molar refractivity (Wildman–Crippen MR) is 91.2 cm³/mol. The van der Waals surface area contributed by atoms with Crippen LogP contribution < -0.4 is 5.32 Å². The molecule has 2 aliphatic heterocycles. The van der Waals surface area contributed by atoms with Crippen molar-refractivity contribution in [3.05, 3.63) is 22.6 Å². The first-order valence-corrected chi connectivity index (χ1v) is 9.10. The maximum absolute atomic E-state index is 12.4. The summed E-state index contributed by atoms with van der Waals surface area (Å²) in [6.45, 7) is 6.48. The lowest BCUT2D eigenvalue weighted by Gasteiger charge is -2.39. The molecule has 1 amide bonds. The molecule has 2 atom stereocenters. The number of furan rings is 1. The zero-order chi connectivity index (χ0) is 16.6. The minimum Gasteiger partial charge on any atom is -0.453 e. The fraction of sp³-hybridized carbons (Fsp3) is 0.706. The van der Waals surface area contributed by atoms with Crippen LogP contribution in [0.4, 0.5) is 4.79 Å². The van der Waals surface area contributed by atoms with Crippen molar-refractivity contribution in [2.24, 2.45) is 0 Å². The van der Waals surface area contributed by atoms with E-state index in [9.17, 15) is 4.79 Å². The highest BCUT2D eigenvalue weighted by Gasteiger charge is 2.44. The van der Waals surface area contributed by atoms with Gasteiger partial charge in [-0.25, -0.2) is 4.79 Å². The van der Waals surface area contributed by atoms with Gasteiger partial charge in [-0.3, -0.25) is 0 Å². The number of ether oxygens (including phenoxy) is 1. The van der Waals surface area contributed by atoms with Crippen molar-refractivity contribution in [3.63, 3.8) is 0 Å². The van der Waals surface area contributed by atoms with E-state index in [2.05, 4.69) is 21.2 Å². The maximum Gasteiger partial charge on any atom is 0.410 e. The molecule has 3 rings (SSSR count). The third-order valence-corrected chi connectivity index (χ3v) is 4.96. The zero-order valence-corrected chi connectivity index (χ0v) is 15.6. The van der Waals surface area contributed by atoms with Crippen LogP contribution in [0.15, 0.2) is 21.2 Å². The van der Waals surface area contributed by atoms with Gasteiger partial charge in [-0.2, -0.15) is 0 Å². The average molecular weight is 385 g/mol. The number of nitrogens with zero attached hydrogens (tertiary/aromatic N) is 1. The second-order valence-corrected chi connectivity index (χ2v) is 8.31. The largest absolute Gasteiger partial charge is 0.453 e. The lowest BCUT2D eigenvalue weighted by Crippen LogP contribution is -2.52. The average Bonchev–Trinajstić information content (AvgIpc) is 2.96. The van der Waals surface area contributed by atoms with E-state index in [-0.39, 0.29) is 6.09 Å². The minimum atomic E-state index is -0.432. The number of amides is 1. The van der Waals surface area contributed by atoms with Crippen LogP contribution in [0.2, 0.25) is 0 Å². The molecule has 128 valence electrons. The Kier molecular flexibility index (Phi) is 4.74. The summed E-state index contributed by atoms with van der Waals surface area (Å²) in [5.41, 5.74) is -0.432. The highest BCUT2D eigenvalue weighted by atomic mass is 79.9. The number of rotatable bonds is 3. The van der Waals surface area contributed by atoms with Gasteiger partial charge in [0.1, 0.15) is 11.4 Å². The van der Waals surface area contributed by atoms with Gasteiger partial charge in [-0.05, 0) is 74.5 Å². The summed E-state index contributed by atoms with van der Waals surface area (Å²) in [7, 11) is 0. The molecule has 0 spiro atoms. The number of hydrogen-bond donors (Lipinski definition) is 1. The minimum absolute atomic E-state index is 0.154. The molecule has 2 unspecified atom stereocenters. The highest BCUT2D eigenvalue weighted by Crippen LogP contribution is 2.37. The molecule has 1 N–H and O–H groups in total. The lowest BCUT2D eigenvalue weighted by molar-refractivity contribution is 0.00458. The van der Waals surface area contributed by atoms with Crippen molar-refractivity contribution < 1.29 is 13.9 Å². The SMILES string of the molecule is CC(C)(C)OC(=O)N1C2CCC1CC(NCc1ccc(Br)o1)C2. The Morgan fingerprint density at radius 2 is 2.00 bits per heavy atom. The second-order valence-electron chi connectivity index (χ2n) is 7.53. The van der Waals surface area contributed by atoms with Gasteiger partial charge in [0.05, 0.1) is 6.54 Å². The molecular weight excluding hydrogens is 360 g/mol.